The molecule has 2 aliphatic rings. The molecule has 7 nitrogen and oxygen atoms in total. The summed E-state index contributed by atoms with van der Waals surface area (Å²) >= 11 is 0. The molecule has 1 aliphatic heterocycles. The first-order valence-electron chi connectivity index (χ1n) is 12.1. The van der Waals surface area contributed by atoms with E-state index in [0.29, 0.717) is 29.5 Å². The van der Waals surface area contributed by atoms with Crippen LogP contribution in [0.15, 0.2) is 48.7 Å². The standard InChI is InChI=1S/C27H28F2N4O3/c1-35-23-11-10-22-25(32-23)20(12-14-31-22)26-24(33-27(34)36-26)16-4-7-19(8-5-16)30-13-2-3-17-15-18(28)6-9-21(17)29/h2-3,6,9-12,14-16,19,24,26,30H,4-5,7-8,13H2,1H3,(H,33,34)/t16?,19?,24-,26-/m1/s1. The maximum Gasteiger partial charge on any atom is 0.408 e. The highest BCUT2D eigenvalue weighted by Crippen LogP contribution is 2.39. The number of hydrogen-bond acceptors (Lipinski definition) is 6. The van der Waals surface area contributed by atoms with E-state index in [-0.39, 0.29) is 17.5 Å². The molecule has 1 aliphatic carbocycles. The Balaban J connectivity index is 1.21. The largest absolute Gasteiger partial charge is 0.481 e. The summed E-state index contributed by atoms with van der Waals surface area (Å²) in [4.78, 5) is 21.2. The molecule has 0 radical (unpaired) electrons. The molecule has 1 amide bonds. The molecule has 1 saturated carbocycles. The lowest BCUT2D eigenvalue weighted by atomic mass is 9.78. The van der Waals surface area contributed by atoms with Gasteiger partial charge in [-0.3, -0.25) is 4.98 Å². The van der Waals surface area contributed by atoms with Gasteiger partial charge in [-0.2, -0.15) is 0 Å². The van der Waals surface area contributed by atoms with Crippen molar-refractivity contribution in [3.63, 3.8) is 0 Å². The molecule has 1 aromatic carbocycles. The second-order valence-corrected chi connectivity index (χ2v) is 9.21. The lowest BCUT2D eigenvalue weighted by Gasteiger charge is -2.33. The number of hydrogen-bond donors (Lipinski definition) is 2. The molecule has 2 aromatic heterocycles. The number of pyridine rings is 2. The average Bonchev–Trinajstić information content (AvgIpc) is 3.29. The maximum atomic E-state index is 13.8. The number of carbonyl (C=O) groups excluding carboxylic acids is 1. The summed E-state index contributed by atoms with van der Waals surface area (Å²) in [6, 6.07) is 9.03. The van der Waals surface area contributed by atoms with Gasteiger partial charge in [-0.15, -0.1) is 0 Å². The first kappa shape index (κ1) is 24.1. The number of aromatic nitrogens is 2. The highest BCUT2D eigenvalue weighted by atomic mass is 19.1. The molecule has 3 aromatic rings. The SMILES string of the molecule is COc1ccc2nccc([C@H]3OC(=O)N[C@@H]3C3CCC(NCC=Cc4cc(F)ccc4F)CC3)c2n1. The highest BCUT2D eigenvalue weighted by Gasteiger charge is 2.42. The van der Waals surface area contributed by atoms with Crippen LogP contribution in [-0.2, 0) is 4.74 Å². The molecule has 3 heterocycles. The summed E-state index contributed by atoms with van der Waals surface area (Å²) < 4.78 is 38.1. The zero-order valence-corrected chi connectivity index (χ0v) is 19.9. The summed E-state index contributed by atoms with van der Waals surface area (Å²) in [6.07, 6.45) is 7.95. The molecule has 1 saturated heterocycles. The van der Waals surface area contributed by atoms with Crippen molar-refractivity contribution < 1.29 is 23.0 Å². The number of amides is 1. The quantitative estimate of drug-likeness (QED) is 0.485. The Morgan fingerprint density at radius 2 is 2.00 bits per heavy atom. The molecular weight excluding hydrogens is 466 g/mol. The Labute approximate surface area is 207 Å². The first-order chi connectivity index (χ1) is 17.5. The predicted octanol–water partition coefficient (Wildman–Crippen LogP) is 4.93. The number of cyclic esters (lactones) is 1. The van der Waals surface area contributed by atoms with Crippen LogP contribution in [-0.4, -0.2) is 41.8 Å². The fraction of sp³-hybridized carbons (Fsp3) is 0.370. The molecule has 188 valence electrons. The van der Waals surface area contributed by atoms with Crippen LogP contribution < -0.4 is 15.4 Å². The van der Waals surface area contributed by atoms with E-state index in [1.165, 1.54) is 6.07 Å². The van der Waals surface area contributed by atoms with Gasteiger partial charge in [0.2, 0.25) is 5.88 Å². The van der Waals surface area contributed by atoms with Gasteiger partial charge in [-0.25, -0.2) is 18.6 Å². The molecule has 0 bridgehead atoms. The van der Waals surface area contributed by atoms with Crippen LogP contribution in [0.3, 0.4) is 0 Å². The van der Waals surface area contributed by atoms with E-state index in [0.717, 1.165) is 43.4 Å². The van der Waals surface area contributed by atoms with E-state index in [9.17, 15) is 13.6 Å². The van der Waals surface area contributed by atoms with Gasteiger partial charge < -0.3 is 20.1 Å². The van der Waals surface area contributed by atoms with Crippen LogP contribution in [0.5, 0.6) is 5.88 Å². The number of alkyl carbamates (subject to hydrolysis) is 1. The zero-order valence-electron chi connectivity index (χ0n) is 19.9. The molecule has 2 N–H and O–H groups in total. The van der Waals surface area contributed by atoms with Gasteiger partial charge in [0.05, 0.1) is 24.2 Å². The summed E-state index contributed by atoms with van der Waals surface area (Å²) in [5.41, 5.74) is 2.44. The van der Waals surface area contributed by atoms with Crippen LogP contribution in [0.25, 0.3) is 17.1 Å². The summed E-state index contributed by atoms with van der Waals surface area (Å²) in [6.45, 7) is 0.563. The molecule has 0 unspecified atom stereocenters. The Morgan fingerprint density at radius 3 is 2.81 bits per heavy atom. The minimum atomic E-state index is -0.460. The van der Waals surface area contributed by atoms with Gasteiger partial charge in [-0.1, -0.05) is 12.2 Å². The molecule has 9 heteroatoms. The smallest absolute Gasteiger partial charge is 0.408 e. The summed E-state index contributed by atoms with van der Waals surface area (Å²) in [5, 5.41) is 6.49. The molecular formula is C27H28F2N4O3. The van der Waals surface area contributed by atoms with E-state index in [4.69, 9.17) is 9.47 Å². The molecule has 36 heavy (non-hydrogen) atoms. The van der Waals surface area contributed by atoms with E-state index in [2.05, 4.69) is 20.6 Å². The third kappa shape index (κ3) is 5.16. The second-order valence-electron chi connectivity index (χ2n) is 9.21. The molecule has 2 fully saturated rings. The summed E-state index contributed by atoms with van der Waals surface area (Å²) in [5.74, 6) is -0.172. The Hall–Kier alpha value is -3.59. The number of nitrogens with zero attached hydrogens (tertiary/aromatic N) is 2. The van der Waals surface area contributed by atoms with Crippen molar-refractivity contribution in [2.45, 2.75) is 43.9 Å². The lowest BCUT2D eigenvalue weighted by molar-refractivity contribution is 0.115. The van der Waals surface area contributed by atoms with E-state index in [1.54, 1.807) is 31.5 Å². The van der Waals surface area contributed by atoms with E-state index < -0.39 is 23.8 Å². The first-order valence-corrected chi connectivity index (χ1v) is 12.1. The van der Waals surface area contributed by atoms with E-state index in [1.807, 2.05) is 12.1 Å². The number of rotatable bonds is 7. The molecule has 2 atom stereocenters. The zero-order chi connectivity index (χ0) is 25.1. The monoisotopic (exact) mass is 494 g/mol. The molecule has 5 rings (SSSR count). The van der Waals surface area contributed by atoms with Gasteiger partial charge in [0.15, 0.2) is 6.10 Å². The molecule has 0 spiro atoms. The van der Waals surface area contributed by atoms with Crippen molar-refractivity contribution in [2.24, 2.45) is 5.92 Å². The van der Waals surface area contributed by atoms with Crippen LogP contribution in [0, 0.1) is 17.6 Å². The van der Waals surface area contributed by atoms with Gasteiger partial charge in [0.25, 0.3) is 0 Å². The number of benzene rings is 1. The summed E-state index contributed by atoms with van der Waals surface area (Å²) in [7, 11) is 1.56. The van der Waals surface area contributed by atoms with Crippen molar-refractivity contribution in [1.29, 1.82) is 0 Å². The van der Waals surface area contributed by atoms with Gasteiger partial charge in [0.1, 0.15) is 11.6 Å². The van der Waals surface area contributed by atoms with Crippen LogP contribution in [0.1, 0.15) is 42.9 Å². The van der Waals surface area contributed by atoms with Gasteiger partial charge >= 0.3 is 6.09 Å². The number of fused-ring (bicyclic) bond motifs is 1. The fourth-order valence-corrected chi connectivity index (χ4v) is 5.17. The highest BCUT2D eigenvalue weighted by molar-refractivity contribution is 5.80. The predicted molar refractivity (Wildman–Crippen MR) is 131 cm³/mol. The van der Waals surface area contributed by atoms with Crippen molar-refractivity contribution >= 4 is 23.2 Å². The van der Waals surface area contributed by atoms with Crippen LogP contribution in [0.2, 0.25) is 0 Å². The number of nitrogens with one attached hydrogen (secondary N) is 2. The average molecular weight is 495 g/mol. The van der Waals surface area contributed by atoms with Crippen molar-refractivity contribution in [3.8, 4) is 5.88 Å². The third-order valence-corrected chi connectivity index (χ3v) is 7.01. The minimum Gasteiger partial charge on any atom is -0.481 e. The second kappa shape index (κ2) is 10.6. The fourth-order valence-electron chi connectivity index (χ4n) is 5.17. The Kier molecular flexibility index (Phi) is 7.09. The number of carbonyl (C=O) groups is 1. The van der Waals surface area contributed by atoms with Crippen molar-refractivity contribution in [2.75, 3.05) is 13.7 Å². The van der Waals surface area contributed by atoms with Crippen molar-refractivity contribution in [3.05, 3.63) is 71.4 Å². The lowest BCUT2D eigenvalue weighted by Crippen LogP contribution is -2.41. The van der Waals surface area contributed by atoms with Gasteiger partial charge in [-0.05, 0) is 61.9 Å². The Bertz CT molecular complexity index is 1280. The maximum absolute atomic E-state index is 13.8. The number of ether oxygens (including phenoxy) is 2. The third-order valence-electron chi connectivity index (χ3n) is 7.01. The van der Waals surface area contributed by atoms with Crippen molar-refractivity contribution in [1.82, 2.24) is 20.6 Å². The minimum absolute atomic E-state index is 0.159. The van der Waals surface area contributed by atoms with E-state index >= 15 is 0 Å². The topological polar surface area (TPSA) is 85.4 Å². The van der Waals surface area contributed by atoms with Gasteiger partial charge in [0, 0.05) is 36.0 Å². The van der Waals surface area contributed by atoms with Crippen LogP contribution >= 0.6 is 0 Å². The number of halogens is 2. The van der Waals surface area contributed by atoms with Crippen LogP contribution in [0.4, 0.5) is 13.6 Å². The Morgan fingerprint density at radius 1 is 1.17 bits per heavy atom. The number of methoxy groups -OCH3 is 1. The normalized spacial score (nSPS) is 24.1.